The molecule has 20 heavy (non-hydrogen) atoms. The van der Waals surface area contributed by atoms with Crippen LogP contribution in [0, 0.1) is 0 Å². The predicted octanol–water partition coefficient (Wildman–Crippen LogP) is 2.20. The maximum absolute atomic E-state index is 5.16. The first-order chi connectivity index (χ1) is 9.70. The van der Waals surface area contributed by atoms with Gasteiger partial charge in [-0.1, -0.05) is 6.42 Å². The Balaban J connectivity index is 1.90. The Morgan fingerprint density at radius 2 is 2.05 bits per heavy atom. The third-order valence-electron chi connectivity index (χ3n) is 3.98. The summed E-state index contributed by atoms with van der Waals surface area (Å²) in [4.78, 5) is 7.00. The van der Waals surface area contributed by atoms with Gasteiger partial charge in [0.25, 0.3) is 0 Å². The number of aromatic nitrogens is 2. The Morgan fingerprint density at radius 3 is 2.75 bits per heavy atom. The summed E-state index contributed by atoms with van der Waals surface area (Å²) in [6.07, 6.45) is 7.98. The van der Waals surface area contributed by atoms with Gasteiger partial charge in [-0.15, -0.1) is 0 Å². The van der Waals surface area contributed by atoms with Gasteiger partial charge in [0.05, 0.1) is 6.61 Å². The molecule has 0 aliphatic carbocycles. The van der Waals surface area contributed by atoms with E-state index in [1.807, 2.05) is 6.20 Å². The highest BCUT2D eigenvalue weighted by atomic mass is 16.5. The SMILES string of the molecule is COCC(C)Nc1nccn1CC(C)N1CCCCC1. The molecule has 0 aromatic carbocycles. The lowest BCUT2D eigenvalue weighted by atomic mass is 10.1. The molecule has 0 bridgehead atoms. The lowest BCUT2D eigenvalue weighted by Gasteiger charge is -2.32. The minimum absolute atomic E-state index is 0.270. The first-order valence-corrected chi connectivity index (χ1v) is 7.71. The third-order valence-corrected chi connectivity index (χ3v) is 3.98. The molecular formula is C15H28N4O. The smallest absolute Gasteiger partial charge is 0.203 e. The van der Waals surface area contributed by atoms with Crippen LogP contribution in [0.4, 0.5) is 5.95 Å². The third kappa shape index (κ3) is 4.21. The second-order valence-corrected chi connectivity index (χ2v) is 5.85. The van der Waals surface area contributed by atoms with Gasteiger partial charge in [-0.05, 0) is 39.8 Å². The standard InChI is InChI=1S/C15H28N4O/c1-13(12-20-3)17-15-16-7-10-19(15)11-14(2)18-8-5-4-6-9-18/h7,10,13-14H,4-6,8-9,11-12H2,1-3H3,(H,16,17). The lowest BCUT2D eigenvalue weighted by molar-refractivity contribution is 0.160. The molecule has 5 nitrogen and oxygen atoms in total. The topological polar surface area (TPSA) is 42.3 Å². The van der Waals surface area contributed by atoms with Gasteiger partial charge in [-0.25, -0.2) is 4.98 Å². The van der Waals surface area contributed by atoms with E-state index in [1.54, 1.807) is 7.11 Å². The molecule has 1 fully saturated rings. The van der Waals surface area contributed by atoms with Crippen molar-refractivity contribution in [2.45, 2.75) is 51.7 Å². The van der Waals surface area contributed by atoms with Crippen LogP contribution < -0.4 is 5.32 Å². The molecule has 2 rings (SSSR count). The van der Waals surface area contributed by atoms with Crippen molar-refractivity contribution in [3.05, 3.63) is 12.4 Å². The number of anilines is 1. The van der Waals surface area contributed by atoms with Crippen LogP contribution in [0.15, 0.2) is 12.4 Å². The predicted molar refractivity (Wildman–Crippen MR) is 82.1 cm³/mol. The zero-order chi connectivity index (χ0) is 14.4. The van der Waals surface area contributed by atoms with Crippen molar-refractivity contribution < 1.29 is 4.74 Å². The number of ether oxygens (including phenoxy) is 1. The molecule has 0 spiro atoms. The summed E-state index contributed by atoms with van der Waals surface area (Å²) < 4.78 is 7.37. The number of rotatable bonds is 7. The Hall–Kier alpha value is -1.07. The second-order valence-electron chi connectivity index (χ2n) is 5.85. The molecule has 5 heteroatoms. The van der Waals surface area contributed by atoms with Crippen LogP contribution in [0.25, 0.3) is 0 Å². The summed E-state index contributed by atoms with van der Waals surface area (Å²) in [5.41, 5.74) is 0. The van der Waals surface area contributed by atoms with Crippen molar-refractivity contribution in [2.24, 2.45) is 0 Å². The molecule has 2 heterocycles. The molecule has 0 radical (unpaired) electrons. The zero-order valence-corrected chi connectivity index (χ0v) is 13.0. The van der Waals surface area contributed by atoms with E-state index in [2.05, 4.69) is 39.8 Å². The second kappa shape index (κ2) is 7.64. The molecule has 1 aromatic heterocycles. The number of nitrogens with zero attached hydrogens (tertiary/aromatic N) is 3. The normalized spacial score (nSPS) is 19.8. The molecule has 1 saturated heterocycles. The minimum atomic E-state index is 0.270. The van der Waals surface area contributed by atoms with Gasteiger partial charge in [0.2, 0.25) is 5.95 Å². The summed E-state index contributed by atoms with van der Waals surface area (Å²) in [5.74, 6) is 0.943. The maximum atomic E-state index is 5.16. The summed E-state index contributed by atoms with van der Waals surface area (Å²) in [6.45, 7) is 8.57. The monoisotopic (exact) mass is 280 g/mol. The number of piperidine rings is 1. The minimum Gasteiger partial charge on any atom is -0.383 e. The van der Waals surface area contributed by atoms with E-state index in [0.29, 0.717) is 12.6 Å². The fourth-order valence-corrected chi connectivity index (χ4v) is 2.87. The molecule has 1 N–H and O–H groups in total. The molecule has 2 atom stereocenters. The summed E-state index contributed by atoms with van der Waals surface area (Å²) in [6, 6.07) is 0.828. The highest BCUT2D eigenvalue weighted by Gasteiger charge is 2.18. The average Bonchev–Trinajstić information content (AvgIpc) is 2.87. The Labute approximate surface area is 122 Å². The first kappa shape index (κ1) is 15.3. The maximum Gasteiger partial charge on any atom is 0.203 e. The summed E-state index contributed by atoms with van der Waals surface area (Å²) in [7, 11) is 1.73. The Morgan fingerprint density at radius 1 is 1.30 bits per heavy atom. The van der Waals surface area contributed by atoms with E-state index in [-0.39, 0.29) is 6.04 Å². The molecule has 1 aromatic rings. The van der Waals surface area contributed by atoms with E-state index < -0.39 is 0 Å². The van der Waals surface area contributed by atoms with Crippen LogP contribution in [0.5, 0.6) is 0 Å². The van der Waals surface area contributed by atoms with Crippen LogP contribution in [0.3, 0.4) is 0 Å². The number of hydrogen-bond donors (Lipinski definition) is 1. The fraction of sp³-hybridized carbons (Fsp3) is 0.800. The van der Waals surface area contributed by atoms with Gasteiger partial charge >= 0.3 is 0 Å². The quantitative estimate of drug-likeness (QED) is 0.831. The van der Waals surface area contributed by atoms with Crippen molar-refractivity contribution in [1.82, 2.24) is 14.5 Å². The summed E-state index contributed by atoms with van der Waals surface area (Å²) >= 11 is 0. The van der Waals surface area contributed by atoms with Crippen LogP contribution in [-0.4, -0.2) is 53.3 Å². The van der Waals surface area contributed by atoms with Crippen molar-refractivity contribution >= 4 is 5.95 Å². The van der Waals surface area contributed by atoms with E-state index in [0.717, 1.165) is 12.5 Å². The average molecular weight is 280 g/mol. The van der Waals surface area contributed by atoms with Crippen LogP contribution in [-0.2, 0) is 11.3 Å². The first-order valence-electron chi connectivity index (χ1n) is 7.71. The van der Waals surface area contributed by atoms with Crippen LogP contribution in [0.1, 0.15) is 33.1 Å². The van der Waals surface area contributed by atoms with Gasteiger partial charge in [0, 0.05) is 38.1 Å². The van der Waals surface area contributed by atoms with Gasteiger partial charge in [0.1, 0.15) is 0 Å². The van der Waals surface area contributed by atoms with E-state index in [1.165, 1.54) is 32.4 Å². The molecule has 1 aliphatic heterocycles. The molecular weight excluding hydrogens is 252 g/mol. The van der Waals surface area contributed by atoms with Crippen molar-refractivity contribution in [3.63, 3.8) is 0 Å². The van der Waals surface area contributed by atoms with Crippen molar-refractivity contribution in [3.8, 4) is 0 Å². The van der Waals surface area contributed by atoms with Gasteiger partial charge in [0.15, 0.2) is 0 Å². The number of methoxy groups -OCH3 is 1. The zero-order valence-electron chi connectivity index (χ0n) is 13.0. The number of likely N-dealkylation sites (tertiary alicyclic amines) is 1. The number of hydrogen-bond acceptors (Lipinski definition) is 4. The molecule has 0 saturated carbocycles. The number of nitrogens with one attached hydrogen (secondary N) is 1. The molecule has 114 valence electrons. The molecule has 1 aliphatic rings. The highest BCUT2D eigenvalue weighted by molar-refractivity contribution is 5.27. The number of imidazole rings is 1. The Bertz CT molecular complexity index is 387. The highest BCUT2D eigenvalue weighted by Crippen LogP contribution is 2.15. The van der Waals surface area contributed by atoms with E-state index in [9.17, 15) is 0 Å². The van der Waals surface area contributed by atoms with E-state index >= 15 is 0 Å². The summed E-state index contributed by atoms with van der Waals surface area (Å²) in [5, 5.41) is 3.41. The van der Waals surface area contributed by atoms with Crippen LogP contribution >= 0.6 is 0 Å². The largest absolute Gasteiger partial charge is 0.383 e. The Kier molecular flexibility index (Phi) is 5.86. The van der Waals surface area contributed by atoms with E-state index in [4.69, 9.17) is 4.74 Å². The van der Waals surface area contributed by atoms with Gasteiger partial charge < -0.3 is 14.6 Å². The lowest BCUT2D eigenvalue weighted by Crippen LogP contribution is -2.40. The fourth-order valence-electron chi connectivity index (χ4n) is 2.87. The van der Waals surface area contributed by atoms with Gasteiger partial charge in [-0.3, -0.25) is 4.90 Å². The van der Waals surface area contributed by atoms with Crippen LogP contribution in [0.2, 0.25) is 0 Å². The molecule has 0 amide bonds. The molecule has 2 unspecified atom stereocenters. The van der Waals surface area contributed by atoms with Crippen molar-refractivity contribution in [2.75, 3.05) is 32.1 Å². The van der Waals surface area contributed by atoms with Crippen molar-refractivity contribution in [1.29, 1.82) is 0 Å². The van der Waals surface area contributed by atoms with Gasteiger partial charge in [-0.2, -0.15) is 0 Å².